The zero-order chi connectivity index (χ0) is 12.5. The van der Waals surface area contributed by atoms with Crippen LogP contribution >= 0.6 is 0 Å². The van der Waals surface area contributed by atoms with E-state index < -0.39 is 0 Å². The van der Waals surface area contributed by atoms with Crippen molar-refractivity contribution >= 4 is 10.8 Å². The number of nitrogens with one attached hydrogen (secondary N) is 1. The molecule has 0 radical (unpaired) electrons. The van der Waals surface area contributed by atoms with Crippen molar-refractivity contribution in [3.05, 3.63) is 35.4 Å². The first-order valence-corrected chi connectivity index (χ1v) is 6.20. The highest BCUT2D eigenvalue weighted by Gasteiger charge is 2.14. The normalized spacial score (nSPS) is 14.3. The predicted molar refractivity (Wildman–Crippen MR) is 72.5 cm³/mol. The second-order valence-corrected chi connectivity index (χ2v) is 4.56. The molecule has 3 nitrogen and oxygen atoms in total. The third-order valence-corrected chi connectivity index (χ3v) is 3.61. The summed E-state index contributed by atoms with van der Waals surface area (Å²) in [5.41, 5.74) is 2.83. The van der Waals surface area contributed by atoms with Gasteiger partial charge >= 0.3 is 0 Å². The van der Waals surface area contributed by atoms with E-state index in [9.17, 15) is 0 Å². The maximum atomic E-state index is 5.39. The average molecular weight is 243 g/mol. The van der Waals surface area contributed by atoms with E-state index in [1.165, 1.54) is 21.9 Å². The first-order valence-electron chi connectivity index (χ1n) is 6.20. The van der Waals surface area contributed by atoms with Gasteiger partial charge in [-0.1, -0.05) is 12.1 Å². The van der Waals surface area contributed by atoms with Gasteiger partial charge in [0.15, 0.2) is 11.5 Å². The minimum absolute atomic E-state index is 0.786. The summed E-state index contributed by atoms with van der Waals surface area (Å²) in [5, 5.41) is 5.89. The minimum atomic E-state index is 0.786. The summed E-state index contributed by atoms with van der Waals surface area (Å²) in [6, 6.07) is 8.52. The molecular weight excluding hydrogens is 226 g/mol. The molecule has 0 amide bonds. The third-order valence-electron chi connectivity index (χ3n) is 3.61. The Morgan fingerprint density at radius 1 is 1.06 bits per heavy atom. The lowest BCUT2D eigenvalue weighted by atomic mass is 9.94. The van der Waals surface area contributed by atoms with E-state index in [4.69, 9.17) is 9.47 Å². The first kappa shape index (κ1) is 11.4. The molecule has 1 heterocycles. The van der Waals surface area contributed by atoms with Gasteiger partial charge in [0.1, 0.15) is 0 Å². The Morgan fingerprint density at radius 3 is 2.61 bits per heavy atom. The number of ether oxygens (including phenoxy) is 2. The standard InChI is InChI=1S/C15H17NO2/c1-17-14-7-11-4-3-10-5-6-16-9-13(10)12(11)8-15(14)18-2/h3-4,7-8,16H,5-6,9H2,1-2H3. The Kier molecular flexibility index (Phi) is 2.84. The van der Waals surface area contributed by atoms with Gasteiger partial charge < -0.3 is 14.8 Å². The Bertz CT molecular complexity index is 593. The number of benzene rings is 2. The van der Waals surface area contributed by atoms with Crippen molar-refractivity contribution in [3.63, 3.8) is 0 Å². The van der Waals surface area contributed by atoms with Gasteiger partial charge in [0, 0.05) is 6.54 Å². The van der Waals surface area contributed by atoms with Gasteiger partial charge in [0.05, 0.1) is 14.2 Å². The number of fused-ring (bicyclic) bond motifs is 3. The van der Waals surface area contributed by atoms with E-state index >= 15 is 0 Å². The van der Waals surface area contributed by atoms with E-state index in [1.54, 1.807) is 14.2 Å². The van der Waals surface area contributed by atoms with Crippen LogP contribution in [0.5, 0.6) is 11.5 Å². The second-order valence-electron chi connectivity index (χ2n) is 4.56. The van der Waals surface area contributed by atoms with Crippen molar-refractivity contribution in [1.82, 2.24) is 5.32 Å². The highest BCUT2D eigenvalue weighted by Crippen LogP contribution is 2.35. The van der Waals surface area contributed by atoms with Crippen LogP contribution in [0.3, 0.4) is 0 Å². The molecule has 0 saturated carbocycles. The van der Waals surface area contributed by atoms with E-state index in [-0.39, 0.29) is 0 Å². The highest BCUT2D eigenvalue weighted by atomic mass is 16.5. The van der Waals surface area contributed by atoms with E-state index in [0.29, 0.717) is 0 Å². The number of hydrogen-bond donors (Lipinski definition) is 1. The molecule has 0 atom stereocenters. The molecule has 1 N–H and O–H groups in total. The van der Waals surface area contributed by atoms with Crippen LogP contribution < -0.4 is 14.8 Å². The van der Waals surface area contributed by atoms with Gasteiger partial charge in [-0.3, -0.25) is 0 Å². The Morgan fingerprint density at radius 2 is 1.83 bits per heavy atom. The molecule has 2 aromatic carbocycles. The van der Waals surface area contributed by atoms with Crippen LogP contribution in [0.4, 0.5) is 0 Å². The number of rotatable bonds is 2. The molecule has 1 aliphatic rings. The van der Waals surface area contributed by atoms with Crippen LogP contribution in [0.2, 0.25) is 0 Å². The van der Waals surface area contributed by atoms with E-state index in [2.05, 4.69) is 23.5 Å². The largest absolute Gasteiger partial charge is 0.493 e. The smallest absolute Gasteiger partial charge is 0.161 e. The van der Waals surface area contributed by atoms with Crippen LogP contribution in [0.1, 0.15) is 11.1 Å². The van der Waals surface area contributed by atoms with Crippen LogP contribution in [-0.4, -0.2) is 20.8 Å². The zero-order valence-electron chi connectivity index (χ0n) is 10.7. The summed E-state index contributed by atoms with van der Waals surface area (Å²) in [6.07, 6.45) is 1.10. The lowest BCUT2D eigenvalue weighted by Crippen LogP contribution is -2.23. The van der Waals surface area contributed by atoms with Crippen molar-refractivity contribution < 1.29 is 9.47 Å². The second kappa shape index (κ2) is 4.50. The van der Waals surface area contributed by atoms with Gasteiger partial charge in [-0.15, -0.1) is 0 Å². The summed E-state index contributed by atoms with van der Waals surface area (Å²) in [4.78, 5) is 0. The highest BCUT2D eigenvalue weighted by molar-refractivity contribution is 5.90. The van der Waals surface area contributed by atoms with Crippen molar-refractivity contribution in [2.45, 2.75) is 13.0 Å². The van der Waals surface area contributed by atoms with Crippen LogP contribution in [0.15, 0.2) is 24.3 Å². The molecule has 94 valence electrons. The fourth-order valence-electron chi connectivity index (χ4n) is 2.64. The first-order chi connectivity index (χ1) is 8.83. The van der Waals surface area contributed by atoms with Gasteiger partial charge in [0.2, 0.25) is 0 Å². The molecule has 0 fully saturated rings. The van der Waals surface area contributed by atoms with Gasteiger partial charge in [-0.25, -0.2) is 0 Å². The molecule has 2 aromatic rings. The molecule has 0 bridgehead atoms. The van der Waals surface area contributed by atoms with Gasteiger partial charge in [0.25, 0.3) is 0 Å². The van der Waals surface area contributed by atoms with Crippen molar-refractivity contribution in [3.8, 4) is 11.5 Å². The molecule has 3 rings (SSSR count). The molecule has 0 aliphatic carbocycles. The molecule has 0 unspecified atom stereocenters. The summed E-state index contributed by atoms with van der Waals surface area (Å²) in [5.74, 6) is 1.58. The van der Waals surface area contributed by atoms with Crippen molar-refractivity contribution in [1.29, 1.82) is 0 Å². The Balaban J connectivity index is 2.27. The molecular formula is C15H17NO2. The molecule has 18 heavy (non-hydrogen) atoms. The monoisotopic (exact) mass is 243 g/mol. The third kappa shape index (κ3) is 1.71. The minimum Gasteiger partial charge on any atom is -0.493 e. The summed E-state index contributed by atoms with van der Waals surface area (Å²) in [6.45, 7) is 1.99. The Hall–Kier alpha value is -1.74. The zero-order valence-corrected chi connectivity index (χ0v) is 10.7. The summed E-state index contributed by atoms with van der Waals surface area (Å²) < 4.78 is 10.7. The molecule has 1 aliphatic heterocycles. The predicted octanol–water partition coefficient (Wildman–Crippen LogP) is 2.50. The van der Waals surface area contributed by atoms with Crippen LogP contribution in [0, 0.1) is 0 Å². The molecule has 0 aromatic heterocycles. The van der Waals surface area contributed by atoms with Crippen molar-refractivity contribution in [2.24, 2.45) is 0 Å². The average Bonchev–Trinajstić information content (AvgIpc) is 2.45. The van der Waals surface area contributed by atoms with E-state index in [0.717, 1.165) is 31.0 Å². The maximum absolute atomic E-state index is 5.39. The topological polar surface area (TPSA) is 30.5 Å². The van der Waals surface area contributed by atoms with Gasteiger partial charge in [-0.05, 0) is 47.0 Å². The summed E-state index contributed by atoms with van der Waals surface area (Å²) >= 11 is 0. The van der Waals surface area contributed by atoms with Crippen molar-refractivity contribution in [2.75, 3.05) is 20.8 Å². The number of methoxy groups -OCH3 is 2. The van der Waals surface area contributed by atoms with Crippen LogP contribution in [-0.2, 0) is 13.0 Å². The lowest BCUT2D eigenvalue weighted by molar-refractivity contribution is 0.356. The SMILES string of the molecule is COc1cc2ccc3c(c2cc1OC)CNCC3. The van der Waals surface area contributed by atoms with Crippen LogP contribution in [0.25, 0.3) is 10.8 Å². The fourth-order valence-corrected chi connectivity index (χ4v) is 2.64. The van der Waals surface area contributed by atoms with E-state index in [1.807, 2.05) is 6.07 Å². The summed E-state index contributed by atoms with van der Waals surface area (Å²) in [7, 11) is 3.35. The number of hydrogen-bond acceptors (Lipinski definition) is 3. The molecule has 3 heteroatoms. The quantitative estimate of drug-likeness (QED) is 0.879. The fraction of sp³-hybridized carbons (Fsp3) is 0.333. The molecule has 0 saturated heterocycles. The molecule has 0 spiro atoms. The lowest BCUT2D eigenvalue weighted by Gasteiger charge is -2.20. The Labute approximate surface area is 107 Å². The maximum Gasteiger partial charge on any atom is 0.161 e. The van der Waals surface area contributed by atoms with Gasteiger partial charge in [-0.2, -0.15) is 0 Å².